The Morgan fingerprint density at radius 1 is 1.47 bits per heavy atom. The first-order chi connectivity index (χ1) is 9.15. The fourth-order valence-corrected chi connectivity index (χ4v) is 3.32. The zero-order valence-corrected chi connectivity index (χ0v) is 12.2. The molecule has 0 bridgehead atoms. The first-order valence-electron chi connectivity index (χ1n) is 6.46. The molecule has 1 fully saturated rings. The number of amides is 1. The van der Waals surface area contributed by atoms with E-state index in [1.165, 1.54) is 5.75 Å². The van der Waals surface area contributed by atoms with Crippen LogP contribution in [0.5, 0.6) is 0 Å². The molecule has 104 valence electrons. The fourth-order valence-electron chi connectivity index (χ4n) is 2.12. The minimum atomic E-state index is -0.770. The van der Waals surface area contributed by atoms with E-state index >= 15 is 0 Å². The molecule has 5 heteroatoms. The van der Waals surface area contributed by atoms with E-state index in [1.54, 1.807) is 24.3 Å². The average Bonchev–Trinajstić information content (AvgIpc) is 2.40. The molecular formula is C14H18ClNO2S. The maximum Gasteiger partial charge on any atom is 0.223 e. The van der Waals surface area contributed by atoms with E-state index in [0.717, 1.165) is 24.2 Å². The summed E-state index contributed by atoms with van der Waals surface area (Å²) in [5.41, 5.74) is 0.720. The van der Waals surface area contributed by atoms with Crippen molar-refractivity contribution < 1.29 is 9.90 Å². The molecule has 19 heavy (non-hydrogen) atoms. The maximum absolute atomic E-state index is 11.9. The summed E-state index contributed by atoms with van der Waals surface area (Å²) in [7, 11) is 0. The molecule has 3 nitrogen and oxygen atoms in total. The van der Waals surface area contributed by atoms with Crippen molar-refractivity contribution in [3.63, 3.8) is 0 Å². The summed E-state index contributed by atoms with van der Waals surface area (Å²) < 4.78 is 0. The van der Waals surface area contributed by atoms with Gasteiger partial charge in [0.05, 0.1) is 12.5 Å². The van der Waals surface area contributed by atoms with E-state index in [-0.39, 0.29) is 18.4 Å². The second-order valence-corrected chi connectivity index (χ2v) is 6.34. The molecule has 2 N–H and O–H groups in total. The van der Waals surface area contributed by atoms with E-state index < -0.39 is 6.10 Å². The van der Waals surface area contributed by atoms with Gasteiger partial charge in [-0.05, 0) is 36.3 Å². The van der Waals surface area contributed by atoms with E-state index in [1.807, 2.05) is 11.8 Å². The number of benzene rings is 1. The number of halogens is 1. The number of aliphatic hydroxyl groups is 1. The van der Waals surface area contributed by atoms with Gasteiger partial charge in [-0.25, -0.2) is 0 Å². The van der Waals surface area contributed by atoms with Crippen LogP contribution >= 0.6 is 23.4 Å². The van der Waals surface area contributed by atoms with Crippen molar-refractivity contribution in [1.82, 2.24) is 5.32 Å². The highest BCUT2D eigenvalue weighted by atomic mass is 35.5. The lowest BCUT2D eigenvalue weighted by molar-refractivity contribution is -0.123. The number of rotatable bonds is 4. The molecule has 0 spiro atoms. The van der Waals surface area contributed by atoms with E-state index in [9.17, 15) is 9.90 Å². The van der Waals surface area contributed by atoms with Crippen LogP contribution in [0.1, 0.15) is 30.9 Å². The molecule has 1 aliphatic heterocycles. The van der Waals surface area contributed by atoms with Crippen molar-refractivity contribution in [1.29, 1.82) is 0 Å². The monoisotopic (exact) mass is 299 g/mol. The third kappa shape index (κ3) is 4.71. The highest BCUT2D eigenvalue weighted by Gasteiger charge is 2.18. The van der Waals surface area contributed by atoms with Gasteiger partial charge in [-0.15, -0.1) is 0 Å². The van der Waals surface area contributed by atoms with E-state index in [0.29, 0.717) is 5.02 Å². The first kappa shape index (κ1) is 14.7. The second-order valence-electron chi connectivity index (χ2n) is 4.75. The standard InChI is InChI=1S/C14H18ClNO2S/c15-11-5-3-10(4-6-11)13(17)8-14(18)16-12-2-1-7-19-9-12/h3-6,12-13,17H,1-2,7-9H2,(H,16,18)/t12-,13+/m0/s1. The Kier molecular flexibility index (Phi) is 5.55. The number of hydrogen-bond donors (Lipinski definition) is 2. The predicted octanol–water partition coefficient (Wildman–Crippen LogP) is 2.78. The van der Waals surface area contributed by atoms with Gasteiger partial charge in [0.25, 0.3) is 0 Å². The van der Waals surface area contributed by atoms with Crippen LogP contribution in [0.15, 0.2) is 24.3 Å². The van der Waals surface area contributed by atoms with Gasteiger partial charge < -0.3 is 10.4 Å². The summed E-state index contributed by atoms with van der Waals surface area (Å²) in [4.78, 5) is 11.9. The van der Waals surface area contributed by atoms with Crippen LogP contribution in [0.4, 0.5) is 0 Å². The van der Waals surface area contributed by atoms with Crippen LogP contribution in [0.2, 0.25) is 5.02 Å². The molecule has 0 saturated carbocycles. The lowest BCUT2D eigenvalue weighted by Gasteiger charge is -2.23. The number of aliphatic hydroxyl groups excluding tert-OH is 1. The molecule has 0 aliphatic carbocycles. The molecule has 0 unspecified atom stereocenters. The topological polar surface area (TPSA) is 49.3 Å². The Balaban J connectivity index is 1.82. The van der Waals surface area contributed by atoms with Gasteiger partial charge in [0, 0.05) is 16.8 Å². The van der Waals surface area contributed by atoms with Gasteiger partial charge in [0.2, 0.25) is 5.91 Å². The average molecular weight is 300 g/mol. The van der Waals surface area contributed by atoms with Gasteiger partial charge in [-0.3, -0.25) is 4.79 Å². The fraction of sp³-hybridized carbons (Fsp3) is 0.500. The molecule has 1 aromatic carbocycles. The van der Waals surface area contributed by atoms with Gasteiger partial charge in [0.15, 0.2) is 0 Å². The highest BCUT2D eigenvalue weighted by molar-refractivity contribution is 7.99. The Bertz CT molecular complexity index is 418. The molecule has 2 rings (SSSR count). The Morgan fingerprint density at radius 2 is 2.21 bits per heavy atom. The minimum absolute atomic E-state index is 0.0880. The Hall–Kier alpha value is -0.710. The lowest BCUT2D eigenvalue weighted by Crippen LogP contribution is -2.38. The SMILES string of the molecule is O=C(C[C@@H](O)c1ccc(Cl)cc1)N[C@H]1CCCSC1. The number of thioether (sulfide) groups is 1. The quantitative estimate of drug-likeness (QED) is 0.899. The van der Waals surface area contributed by atoms with E-state index in [2.05, 4.69) is 5.32 Å². The van der Waals surface area contributed by atoms with Gasteiger partial charge in [-0.1, -0.05) is 23.7 Å². The maximum atomic E-state index is 11.9. The summed E-state index contributed by atoms with van der Waals surface area (Å²) in [5, 5.41) is 13.6. The largest absolute Gasteiger partial charge is 0.388 e. The number of hydrogen-bond acceptors (Lipinski definition) is 3. The molecule has 1 aromatic rings. The van der Waals surface area contributed by atoms with Crippen molar-refractivity contribution in [3.8, 4) is 0 Å². The zero-order chi connectivity index (χ0) is 13.7. The third-order valence-electron chi connectivity index (χ3n) is 3.16. The number of nitrogens with one attached hydrogen (secondary N) is 1. The predicted molar refractivity (Wildman–Crippen MR) is 79.5 cm³/mol. The summed E-state index contributed by atoms with van der Waals surface area (Å²) in [6.45, 7) is 0. The summed E-state index contributed by atoms with van der Waals surface area (Å²) in [6.07, 6.45) is 1.52. The van der Waals surface area contributed by atoms with Crippen LogP contribution < -0.4 is 5.32 Å². The zero-order valence-electron chi connectivity index (χ0n) is 10.6. The molecule has 1 amide bonds. The van der Waals surface area contributed by atoms with Gasteiger partial charge in [0.1, 0.15) is 0 Å². The molecular weight excluding hydrogens is 282 g/mol. The van der Waals surface area contributed by atoms with Crippen molar-refractivity contribution in [2.24, 2.45) is 0 Å². The molecule has 2 atom stereocenters. The third-order valence-corrected chi connectivity index (χ3v) is 4.63. The van der Waals surface area contributed by atoms with Crippen molar-refractivity contribution in [3.05, 3.63) is 34.9 Å². The van der Waals surface area contributed by atoms with Crippen molar-refractivity contribution in [2.75, 3.05) is 11.5 Å². The highest BCUT2D eigenvalue weighted by Crippen LogP contribution is 2.20. The van der Waals surface area contributed by atoms with Crippen molar-refractivity contribution >= 4 is 29.3 Å². The number of carbonyl (C=O) groups excluding carboxylic acids is 1. The summed E-state index contributed by atoms with van der Waals surface area (Å²) in [6, 6.07) is 7.18. The molecule has 1 saturated heterocycles. The lowest BCUT2D eigenvalue weighted by atomic mass is 10.1. The van der Waals surface area contributed by atoms with Crippen LogP contribution in [0.25, 0.3) is 0 Å². The van der Waals surface area contributed by atoms with Crippen molar-refractivity contribution in [2.45, 2.75) is 31.4 Å². The van der Waals surface area contributed by atoms with E-state index in [4.69, 9.17) is 11.6 Å². The summed E-state index contributed by atoms with van der Waals surface area (Å²) >= 11 is 7.66. The smallest absolute Gasteiger partial charge is 0.223 e. The second kappa shape index (κ2) is 7.17. The number of carbonyl (C=O) groups is 1. The Labute approximate surface area is 122 Å². The molecule has 0 aromatic heterocycles. The molecule has 1 heterocycles. The van der Waals surface area contributed by atoms with Gasteiger partial charge >= 0.3 is 0 Å². The normalized spacial score (nSPS) is 20.8. The molecule has 1 aliphatic rings. The van der Waals surface area contributed by atoms with Crippen LogP contribution in [-0.4, -0.2) is 28.6 Å². The Morgan fingerprint density at radius 3 is 2.84 bits per heavy atom. The van der Waals surface area contributed by atoms with Gasteiger partial charge in [-0.2, -0.15) is 11.8 Å². The van der Waals surface area contributed by atoms with Crippen LogP contribution in [-0.2, 0) is 4.79 Å². The minimum Gasteiger partial charge on any atom is -0.388 e. The van der Waals surface area contributed by atoms with Crippen LogP contribution in [0.3, 0.4) is 0 Å². The first-order valence-corrected chi connectivity index (χ1v) is 7.99. The van der Waals surface area contributed by atoms with Crippen LogP contribution in [0, 0.1) is 0 Å². The summed E-state index contributed by atoms with van der Waals surface area (Å²) in [5.74, 6) is 2.07. The molecule has 0 radical (unpaired) electrons.